The highest BCUT2D eigenvalue weighted by Gasteiger charge is 2.14. The second-order valence-corrected chi connectivity index (χ2v) is 7.19. The number of carbonyl (C=O) groups excluding carboxylic acids is 1. The van der Waals surface area contributed by atoms with Gasteiger partial charge in [-0.1, -0.05) is 6.92 Å². The van der Waals surface area contributed by atoms with E-state index in [1.807, 2.05) is 6.92 Å². The largest absolute Gasteiger partial charge is 0.346 e. The van der Waals surface area contributed by atoms with Crippen LogP contribution in [0.25, 0.3) is 0 Å². The Morgan fingerprint density at radius 3 is 2.52 bits per heavy atom. The van der Waals surface area contributed by atoms with Gasteiger partial charge in [0.05, 0.1) is 17.1 Å². The SMILES string of the molecule is CCCNS(=O)(=O)c1ccc(C(=O)NCc2cc(=O)[nH]c(C)n2)cc1. The van der Waals surface area contributed by atoms with E-state index in [1.165, 1.54) is 30.3 Å². The molecule has 0 aliphatic heterocycles. The summed E-state index contributed by atoms with van der Waals surface area (Å²) in [6.07, 6.45) is 0.690. The molecule has 2 aromatic rings. The summed E-state index contributed by atoms with van der Waals surface area (Å²) in [5.41, 5.74) is 0.472. The third-order valence-corrected chi connectivity index (χ3v) is 4.79. The minimum absolute atomic E-state index is 0.0989. The van der Waals surface area contributed by atoms with Crippen LogP contribution >= 0.6 is 0 Å². The van der Waals surface area contributed by atoms with E-state index in [0.717, 1.165) is 0 Å². The molecule has 25 heavy (non-hydrogen) atoms. The van der Waals surface area contributed by atoms with Crippen molar-refractivity contribution in [3.05, 3.63) is 57.8 Å². The van der Waals surface area contributed by atoms with Gasteiger partial charge in [0, 0.05) is 18.2 Å². The number of H-pyrrole nitrogens is 1. The molecule has 1 aromatic heterocycles. The molecule has 0 spiro atoms. The van der Waals surface area contributed by atoms with Crippen molar-refractivity contribution < 1.29 is 13.2 Å². The quantitative estimate of drug-likeness (QED) is 0.668. The normalized spacial score (nSPS) is 11.3. The lowest BCUT2D eigenvalue weighted by Crippen LogP contribution is -2.26. The van der Waals surface area contributed by atoms with E-state index in [4.69, 9.17) is 0 Å². The summed E-state index contributed by atoms with van der Waals surface area (Å²) < 4.78 is 26.5. The predicted octanol–water partition coefficient (Wildman–Crippen LogP) is 0.697. The lowest BCUT2D eigenvalue weighted by Gasteiger charge is -2.08. The Hall–Kier alpha value is -2.52. The van der Waals surface area contributed by atoms with Crippen molar-refractivity contribution in [2.24, 2.45) is 0 Å². The van der Waals surface area contributed by atoms with Crippen molar-refractivity contribution >= 4 is 15.9 Å². The van der Waals surface area contributed by atoms with Gasteiger partial charge in [0.15, 0.2) is 0 Å². The van der Waals surface area contributed by atoms with Crippen molar-refractivity contribution in [1.82, 2.24) is 20.0 Å². The van der Waals surface area contributed by atoms with Crippen LogP contribution in [-0.4, -0.2) is 30.8 Å². The van der Waals surface area contributed by atoms with Crippen LogP contribution < -0.4 is 15.6 Å². The molecule has 1 heterocycles. The van der Waals surface area contributed by atoms with Crippen LogP contribution in [-0.2, 0) is 16.6 Å². The van der Waals surface area contributed by atoms with Crippen LogP contribution in [0, 0.1) is 6.92 Å². The highest BCUT2D eigenvalue weighted by Crippen LogP contribution is 2.10. The first kappa shape index (κ1) is 18.8. The molecule has 134 valence electrons. The fraction of sp³-hybridized carbons (Fsp3) is 0.312. The zero-order valence-corrected chi connectivity index (χ0v) is 14.8. The van der Waals surface area contributed by atoms with Gasteiger partial charge in [-0.25, -0.2) is 18.1 Å². The van der Waals surface area contributed by atoms with Gasteiger partial charge >= 0.3 is 0 Å². The highest BCUT2D eigenvalue weighted by atomic mass is 32.2. The van der Waals surface area contributed by atoms with E-state index in [0.29, 0.717) is 30.0 Å². The molecule has 0 aliphatic rings. The molecule has 0 radical (unpaired) electrons. The van der Waals surface area contributed by atoms with Crippen LogP contribution in [0.1, 0.15) is 35.2 Å². The Bertz CT molecular complexity index is 904. The molecule has 0 saturated carbocycles. The molecule has 1 amide bonds. The second kappa shape index (κ2) is 8.04. The zero-order chi connectivity index (χ0) is 18.4. The number of rotatable bonds is 7. The van der Waals surface area contributed by atoms with Gasteiger partial charge in [0.2, 0.25) is 10.0 Å². The smallest absolute Gasteiger partial charge is 0.251 e. The molecule has 0 unspecified atom stereocenters. The van der Waals surface area contributed by atoms with E-state index in [1.54, 1.807) is 6.92 Å². The minimum Gasteiger partial charge on any atom is -0.346 e. The van der Waals surface area contributed by atoms with E-state index < -0.39 is 10.0 Å². The molecule has 0 saturated heterocycles. The number of benzene rings is 1. The Morgan fingerprint density at radius 1 is 1.24 bits per heavy atom. The van der Waals surface area contributed by atoms with E-state index in [-0.39, 0.29) is 22.9 Å². The fourth-order valence-corrected chi connectivity index (χ4v) is 3.24. The Morgan fingerprint density at radius 2 is 1.92 bits per heavy atom. The minimum atomic E-state index is -3.56. The fourth-order valence-electron chi connectivity index (χ4n) is 2.11. The summed E-state index contributed by atoms with van der Waals surface area (Å²) in [5.74, 6) is 0.0797. The summed E-state index contributed by atoms with van der Waals surface area (Å²) >= 11 is 0. The van der Waals surface area contributed by atoms with Crippen molar-refractivity contribution in [2.45, 2.75) is 31.7 Å². The number of amides is 1. The maximum atomic E-state index is 12.1. The molecule has 1 aromatic carbocycles. The molecular weight excluding hydrogens is 344 g/mol. The first-order valence-electron chi connectivity index (χ1n) is 7.76. The maximum absolute atomic E-state index is 12.1. The molecule has 8 nitrogen and oxygen atoms in total. The average Bonchev–Trinajstić information content (AvgIpc) is 2.57. The molecule has 0 aliphatic carbocycles. The maximum Gasteiger partial charge on any atom is 0.251 e. The summed E-state index contributed by atoms with van der Waals surface area (Å²) in [7, 11) is -3.56. The van der Waals surface area contributed by atoms with E-state index in [9.17, 15) is 18.0 Å². The van der Waals surface area contributed by atoms with Gasteiger partial charge in [-0.3, -0.25) is 9.59 Å². The summed E-state index contributed by atoms with van der Waals surface area (Å²) in [5, 5.41) is 2.64. The Kier molecular flexibility index (Phi) is 6.05. The first-order chi connectivity index (χ1) is 11.8. The molecule has 2 rings (SSSR count). The van der Waals surface area contributed by atoms with Gasteiger partial charge in [-0.05, 0) is 37.6 Å². The molecule has 0 atom stereocenters. The van der Waals surface area contributed by atoms with Crippen molar-refractivity contribution in [3.63, 3.8) is 0 Å². The van der Waals surface area contributed by atoms with E-state index in [2.05, 4.69) is 20.0 Å². The molecule has 0 bridgehead atoms. The van der Waals surface area contributed by atoms with Crippen LogP contribution in [0.4, 0.5) is 0 Å². The first-order valence-corrected chi connectivity index (χ1v) is 9.25. The summed E-state index contributed by atoms with van der Waals surface area (Å²) in [6.45, 7) is 3.97. The number of hydrogen-bond acceptors (Lipinski definition) is 5. The van der Waals surface area contributed by atoms with E-state index >= 15 is 0 Å². The third kappa shape index (κ3) is 5.23. The number of aromatic amines is 1. The lowest BCUT2D eigenvalue weighted by molar-refractivity contribution is 0.0950. The monoisotopic (exact) mass is 364 g/mol. The van der Waals surface area contributed by atoms with Gasteiger partial charge in [0.1, 0.15) is 5.82 Å². The highest BCUT2D eigenvalue weighted by molar-refractivity contribution is 7.89. The van der Waals surface area contributed by atoms with Gasteiger partial charge in [-0.15, -0.1) is 0 Å². The Balaban J connectivity index is 2.04. The topological polar surface area (TPSA) is 121 Å². The number of sulfonamides is 1. The van der Waals surface area contributed by atoms with Gasteiger partial charge in [0.25, 0.3) is 11.5 Å². The van der Waals surface area contributed by atoms with Crippen LogP contribution in [0.3, 0.4) is 0 Å². The van der Waals surface area contributed by atoms with Crippen molar-refractivity contribution in [1.29, 1.82) is 0 Å². The number of hydrogen-bond donors (Lipinski definition) is 3. The lowest BCUT2D eigenvalue weighted by atomic mass is 10.2. The molecule has 3 N–H and O–H groups in total. The summed E-state index contributed by atoms with van der Waals surface area (Å²) in [6, 6.07) is 6.94. The van der Waals surface area contributed by atoms with Gasteiger partial charge in [-0.2, -0.15) is 0 Å². The number of aromatic nitrogens is 2. The third-order valence-electron chi connectivity index (χ3n) is 3.31. The Labute approximate surface area is 145 Å². The standard InChI is InChI=1S/C16H20N4O4S/c1-3-8-18-25(23,24)14-6-4-12(5-7-14)16(22)17-10-13-9-15(21)20-11(2)19-13/h4-7,9,18H,3,8,10H2,1-2H3,(H,17,22)(H,19,20,21). The van der Waals surface area contributed by atoms with Crippen LogP contribution in [0.15, 0.2) is 40.0 Å². The predicted molar refractivity (Wildman–Crippen MR) is 92.7 cm³/mol. The van der Waals surface area contributed by atoms with Gasteiger partial charge < -0.3 is 10.3 Å². The number of carbonyl (C=O) groups is 1. The van der Waals surface area contributed by atoms with Crippen LogP contribution in [0.5, 0.6) is 0 Å². The number of nitrogens with one attached hydrogen (secondary N) is 3. The van der Waals surface area contributed by atoms with Crippen molar-refractivity contribution in [2.75, 3.05) is 6.54 Å². The average molecular weight is 364 g/mol. The number of aryl methyl sites for hydroxylation is 1. The van der Waals surface area contributed by atoms with Crippen molar-refractivity contribution in [3.8, 4) is 0 Å². The summed E-state index contributed by atoms with van der Waals surface area (Å²) in [4.78, 5) is 30.2. The second-order valence-electron chi connectivity index (χ2n) is 5.43. The molecule has 0 fully saturated rings. The zero-order valence-electron chi connectivity index (χ0n) is 14.0. The molecular formula is C16H20N4O4S. The molecule has 9 heteroatoms. The van der Waals surface area contributed by atoms with Crippen LogP contribution in [0.2, 0.25) is 0 Å². The number of nitrogens with zero attached hydrogens (tertiary/aromatic N) is 1.